The predicted molar refractivity (Wildman–Crippen MR) is 129 cm³/mol. The van der Waals surface area contributed by atoms with Gasteiger partial charge in [-0.1, -0.05) is 12.1 Å². The topological polar surface area (TPSA) is 89.5 Å². The molecule has 0 atom stereocenters. The molecule has 7 nitrogen and oxygen atoms in total. The first-order valence-corrected chi connectivity index (χ1v) is 10.5. The molecule has 1 aromatic heterocycles. The number of non-ortho nitro benzene ring substituents is 1. The zero-order valence-corrected chi connectivity index (χ0v) is 18.5. The smallest absolute Gasteiger partial charge is 0.271 e. The second kappa shape index (κ2) is 9.50. The summed E-state index contributed by atoms with van der Waals surface area (Å²) in [6, 6.07) is 21.5. The molecule has 8 heteroatoms. The van der Waals surface area contributed by atoms with Gasteiger partial charge in [0, 0.05) is 40.3 Å². The molecular weight excluding hydrogens is 435 g/mol. The first-order valence-electron chi connectivity index (χ1n) is 10.5. The Labute approximate surface area is 195 Å². The summed E-state index contributed by atoms with van der Waals surface area (Å²) in [4.78, 5) is 22.6. The number of nitro benzene ring substituents is 1. The average molecular weight is 456 g/mol. The molecule has 34 heavy (non-hydrogen) atoms. The van der Waals surface area contributed by atoms with Gasteiger partial charge in [0.1, 0.15) is 5.82 Å². The van der Waals surface area contributed by atoms with Gasteiger partial charge in [-0.3, -0.25) is 14.9 Å². The fourth-order valence-corrected chi connectivity index (χ4v) is 3.72. The summed E-state index contributed by atoms with van der Waals surface area (Å²) in [5.41, 5.74) is 8.41. The van der Waals surface area contributed by atoms with Crippen molar-refractivity contribution in [3.05, 3.63) is 117 Å². The molecule has 0 unspecified atom stereocenters. The molecule has 0 aliphatic heterocycles. The number of hydrazone groups is 1. The van der Waals surface area contributed by atoms with Crippen LogP contribution < -0.4 is 5.43 Å². The maximum atomic E-state index is 13.0. The van der Waals surface area contributed by atoms with Crippen LogP contribution in [-0.2, 0) is 0 Å². The van der Waals surface area contributed by atoms with Crippen LogP contribution in [0.1, 0.15) is 27.3 Å². The van der Waals surface area contributed by atoms with Gasteiger partial charge in [-0.15, -0.1) is 0 Å². The van der Waals surface area contributed by atoms with E-state index in [1.54, 1.807) is 18.3 Å². The van der Waals surface area contributed by atoms with E-state index in [0.717, 1.165) is 33.8 Å². The van der Waals surface area contributed by atoms with Gasteiger partial charge >= 0.3 is 0 Å². The summed E-state index contributed by atoms with van der Waals surface area (Å²) >= 11 is 0. The van der Waals surface area contributed by atoms with Gasteiger partial charge in [-0.05, 0) is 79.6 Å². The molecule has 0 bridgehead atoms. The van der Waals surface area contributed by atoms with Crippen molar-refractivity contribution in [3.63, 3.8) is 0 Å². The molecule has 0 spiro atoms. The van der Waals surface area contributed by atoms with Gasteiger partial charge < -0.3 is 4.57 Å². The summed E-state index contributed by atoms with van der Waals surface area (Å²) in [6.07, 6.45) is 1.57. The number of aromatic nitrogens is 1. The van der Waals surface area contributed by atoms with E-state index in [9.17, 15) is 19.3 Å². The van der Waals surface area contributed by atoms with E-state index >= 15 is 0 Å². The van der Waals surface area contributed by atoms with E-state index in [1.807, 2.05) is 44.2 Å². The maximum absolute atomic E-state index is 13.0. The first-order chi connectivity index (χ1) is 16.3. The Morgan fingerprint density at radius 1 is 0.971 bits per heavy atom. The Hall–Kier alpha value is -4.59. The van der Waals surface area contributed by atoms with E-state index < -0.39 is 16.6 Å². The lowest BCUT2D eigenvalue weighted by Gasteiger charge is -2.11. The number of nitro groups is 1. The van der Waals surface area contributed by atoms with Crippen molar-refractivity contribution in [1.29, 1.82) is 0 Å². The van der Waals surface area contributed by atoms with Crippen LogP contribution in [0.3, 0.4) is 0 Å². The highest BCUT2D eigenvalue weighted by atomic mass is 19.1. The van der Waals surface area contributed by atoms with Crippen molar-refractivity contribution in [3.8, 4) is 16.8 Å². The summed E-state index contributed by atoms with van der Waals surface area (Å²) in [5, 5.41) is 14.9. The Morgan fingerprint density at radius 2 is 1.56 bits per heavy atom. The molecule has 4 rings (SSSR count). The van der Waals surface area contributed by atoms with Gasteiger partial charge in [0.25, 0.3) is 11.6 Å². The lowest BCUT2D eigenvalue weighted by Crippen LogP contribution is -2.17. The van der Waals surface area contributed by atoms with Crippen molar-refractivity contribution >= 4 is 17.8 Å². The van der Waals surface area contributed by atoms with Crippen LogP contribution >= 0.6 is 0 Å². The van der Waals surface area contributed by atoms with Gasteiger partial charge in [0.05, 0.1) is 11.1 Å². The molecule has 0 saturated carbocycles. The lowest BCUT2D eigenvalue weighted by atomic mass is 10.0. The molecule has 1 amide bonds. The normalized spacial score (nSPS) is 11.0. The molecule has 170 valence electrons. The standard InChI is InChI=1S/C26H21FN4O3/c1-17-15-22(16-28-29-26(32)21-3-9-23(27)10-4-21)18(2)30(17)24-11-5-19(6-12-24)20-7-13-25(14-8-20)31(33)34/h3-16H,1-2H3,(H,29,32)/b28-16-. The Kier molecular flexibility index (Phi) is 6.31. The zero-order valence-electron chi connectivity index (χ0n) is 18.5. The number of nitrogens with one attached hydrogen (secondary N) is 1. The minimum Gasteiger partial charge on any atom is -0.318 e. The number of amides is 1. The minimum atomic E-state index is -0.424. The van der Waals surface area contributed by atoms with Crippen molar-refractivity contribution in [2.24, 2.45) is 5.10 Å². The summed E-state index contributed by atoms with van der Waals surface area (Å²) in [7, 11) is 0. The van der Waals surface area contributed by atoms with Crippen molar-refractivity contribution < 1.29 is 14.1 Å². The van der Waals surface area contributed by atoms with Gasteiger partial charge in [0.2, 0.25) is 0 Å². The van der Waals surface area contributed by atoms with E-state index in [2.05, 4.69) is 15.1 Å². The zero-order chi connectivity index (χ0) is 24.2. The van der Waals surface area contributed by atoms with Crippen molar-refractivity contribution in [2.75, 3.05) is 0 Å². The third-order valence-corrected chi connectivity index (χ3v) is 5.48. The molecule has 1 heterocycles. The molecule has 0 fully saturated rings. The molecule has 0 aliphatic carbocycles. The molecule has 0 saturated heterocycles. The number of nitrogens with zero attached hydrogens (tertiary/aromatic N) is 3. The summed E-state index contributed by atoms with van der Waals surface area (Å²) < 4.78 is 15.1. The van der Waals surface area contributed by atoms with Crippen LogP contribution in [0.4, 0.5) is 10.1 Å². The lowest BCUT2D eigenvalue weighted by molar-refractivity contribution is -0.384. The monoisotopic (exact) mass is 456 g/mol. The van der Waals surface area contributed by atoms with Crippen LogP contribution in [0.5, 0.6) is 0 Å². The quantitative estimate of drug-likeness (QED) is 0.234. The predicted octanol–water partition coefficient (Wildman–Crippen LogP) is 5.57. The second-order valence-electron chi connectivity index (χ2n) is 7.72. The number of hydrogen-bond acceptors (Lipinski definition) is 4. The fraction of sp³-hybridized carbons (Fsp3) is 0.0769. The third kappa shape index (κ3) is 4.75. The van der Waals surface area contributed by atoms with E-state index in [4.69, 9.17) is 0 Å². The first kappa shape index (κ1) is 22.6. The fourth-order valence-electron chi connectivity index (χ4n) is 3.72. The highest BCUT2D eigenvalue weighted by Crippen LogP contribution is 2.25. The van der Waals surface area contributed by atoms with Gasteiger partial charge in [-0.25, -0.2) is 9.82 Å². The number of hydrogen-bond donors (Lipinski definition) is 1. The molecule has 0 aliphatic rings. The molecule has 3 aromatic carbocycles. The number of aryl methyl sites for hydroxylation is 1. The minimum absolute atomic E-state index is 0.0574. The van der Waals surface area contributed by atoms with E-state index in [0.29, 0.717) is 5.56 Å². The Morgan fingerprint density at radius 3 is 2.15 bits per heavy atom. The average Bonchev–Trinajstić information content (AvgIpc) is 3.12. The van der Waals surface area contributed by atoms with Crippen LogP contribution in [0.15, 0.2) is 84.0 Å². The summed E-state index contributed by atoms with van der Waals surface area (Å²) in [5.74, 6) is -0.833. The van der Waals surface area contributed by atoms with Crippen LogP contribution in [-0.4, -0.2) is 21.6 Å². The van der Waals surface area contributed by atoms with E-state index in [1.165, 1.54) is 36.4 Å². The third-order valence-electron chi connectivity index (χ3n) is 5.48. The largest absolute Gasteiger partial charge is 0.318 e. The second-order valence-corrected chi connectivity index (χ2v) is 7.72. The molecular formula is C26H21FN4O3. The Bertz CT molecular complexity index is 1370. The summed E-state index contributed by atoms with van der Waals surface area (Å²) in [6.45, 7) is 3.94. The van der Waals surface area contributed by atoms with Crippen molar-refractivity contribution in [2.45, 2.75) is 13.8 Å². The number of carbonyl (C=O) groups is 1. The van der Waals surface area contributed by atoms with Crippen LogP contribution in [0, 0.1) is 29.8 Å². The van der Waals surface area contributed by atoms with Crippen LogP contribution in [0.25, 0.3) is 16.8 Å². The van der Waals surface area contributed by atoms with Crippen LogP contribution in [0.2, 0.25) is 0 Å². The molecule has 0 radical (unpaired) electrons. The number of rotatable bonds is 6. The van der Waals surface area contributed by atoms with E-state index in [-0.39, 0.29) is 5.69 Å². The molecule has 1 N–H and O–H groups in total. The SMILES string of the molecule is Cc1cc(/C=N\NC(=O)c2ccc(F)cc2)c(C)n1-c1ccc(-c2ccc([N+](=O)[O-])cc2)cc1. The maximum Gasteiger partial charge on any atom is 0.271 e. The number of halogens is 1. The number of carbonyl (C=O) groups excluding carboxylic acids is 1. The number of benzene rings is 3. The molecule has 4 aromatic rings. The van der Waals surface area contributed by atoms with Crippen molar-refractivity contribution in [1.82, 2.24) is 9.99 Å². The Balaban J connectivity index is 1.50. The van der Waals surface area contributed by atoms with Gasteiger partial charge in [-0.2, -0.15) is 5.10 Å². The van der Waals surface area contributed by atoms with Gasteiger partial charge in [0.15, 0.2) is 0 Å². The highest BCUT2D eigenvalue weighted by molar-refractivity contribution is 5.95. The highest BCUT2D eigenvalue weighted by Gasteiger charge is 2.11.